The van der Waals surface area contributed by atoms with Crippen LogP contribution in [-0.2, 0) is 0 Å². The molecule has 1 aromatic carbocycles. The van der Waals surface area contributed by atoms with Gasteiger partial charge in [-0.3, -0.25) is 9.78 Å². The summed E-state index contributed by atoms with van der Waals surface area (Å²) in [6.07, 6.45) is 3.06. The fourth-order valence-corrected chi connectivity index (χ4v) is 1.89. The topological polar surface area (TPSA) is 79.3 Å². The van der Waals surface area contributed by atoms with Crippen LogP contribution in [0.25, 0.3) is 0 Å². The SMILES string of the molecule is O=C(O)c1cc(Br)ccc1C(=O)Nc1cccnc1. The summed E-state index contributed by atoms with van der Waals surface area (Å²) < 4.78 is 0.600. The molecule has 0 aliphatic carbocycles. The van der Waals surface area contributed by atoms with Gasteiger partial charge in [0, 0.05) is 10.7 Å². The third kappa shape index (κ3) is 3.17. The lowest BCUT2D eigenvalue weighted by atomic mass is 10.1. The lowest BCUT2D eigenvalue weighted by Gasteiger charge is -2.07. The molecule has 2 N–H and O–H groups in total. The monoisotopic (exact) mass is 320 g/mol. The van der Waals surface area contributed by atoms with Gasteiger partial charge < -0.3 is 10.4 Å². The molecule has 1 heterocycles. The Labute approximate surface area is 117 Å². The Kier molecular flexibility index (Phi) is 3.91. The predicted molar refractivity (Wildman–Crippen MR) is 73.3 cm³/mol. The number of halogens is 1. The summed E-state index contributed by atoms with van der Waals surface area (Å²) in [7, 11) is 0. The van der Waals surface area contributed by atoms with Crippen LogP contribution in [0, 0.1) is 0 Å². The van der Waals surface area contributed by atoms with E-state index < -0.39 is 11.9 Å². The molecule has 0 aliphatic heterocycles. The Morgan fingerprint density at radius 3 is 2.63 bits per heavy atom. The normalized spacial score (nSPS) is 9.95. The summed E-state index contributed by atoms with van der Waals surface area (Å²) in [5.74, 6) is -1.64. The van der Waals surface area contributed by atoms with E-state index in [1.165, 1.54) is 18.3 Å². The van der Waals surface area contributed by atoms with Crippen LogP contribution >= 0.6 is 15.9 Å². The molecule has 19 heavy (non-hydrogen) atoms. The van der Waals surface area contributed by atoms with Crippen LogP contribution in [0.3, 0.4) is 0 Å². The van der Waals surface area contributed by atoms with E-state index in [-0.39, 0.29) is 11.1 Å². The highest BCUT2D eigenvalue weighted by Gasteiger charge is 2.16. The molecule has 0 atom stereocenters. The number of hydrogen-bond donors (Lipinski definition) is 2. The maximum Gasteiger partial charge on any atom is 0.336 e. The number of amides is 1. The number of aromatic nitrogens is 1. The van der Waals surface area contributed by atoms with Crippen LogP contribution in [0.1, 0.15) is 20.7 Å². The number of pyridine rings is 1. The van der Waals surface area contributed by atoms with Gasteiger partial charge in [0.2, 0.25) is 0 Å². The molecule has 2 rings (SSSR count). The van der Waals surface area contributed by atoms with Gasteiger partial charge in [0.1, 0.15) is 0 Å². The summed E-state index contributed by atoms with van der Waals surface area (Å²) in [4.78, 5) is 27.0. The molecule has 0 spiro atoms. The third-order valence-electron chi connectivity index (χ3n) is 2.38. The van der Waals surface area contributed by atoms with Crippen LogP contribution < -0.4 is 5.32 Å². The number of rotatable bonds is 3. The van der Waals surface area contributed by atoms with Crippen molar-refractivity contribution in [3.63, 3.8) is 0 Å². The maximum absolute atomic E-state index is 12.0. The average molecular weight is 321 g/mol. The Hall–Kier alpha value is -2.21. The van der Waals surface area contributed by atoms with E-state index in [9.17, 15) is 9.59 Å². The molecule has 0 fully saturated rings. The second-order valence-electron chi connectivity index (χ2n) is 3.69. The molecule has 0 radical (unpaired) electrons. The highest BCUT2D eigenvalue weighted by Crippen LogP contribution is 2.18. The first-order valence-corrected chi connectivity index (χ1v) is 6.11. The number of carboxylic acid groups (broad SMARTS) is 1. The Bertz CT molecular complexity index is 629. The van der Waals surface area contributed by atoms with Crippen molar-refractivity contribution in [2.75, 3.05) is 5.32 Å². The molecule has 6 heteroatoms. The van der Waals surface area contributed by atoms with Crippen LogP contribution in [-0.4, -0.2) is 22.0 Å². The summed E-state index contributed by atoms with van der Waals surface area (Å²) in [5.41, 5.74) is 0.544. The molecule has 0 saturated heterocycles. The minimum absolute atomic E-state index is 0.0595. The van der Waals surface area contributed by atoms with Gasteiger partial charge in [-0.05, 0) is 30.3 Å². The molecule has 1 amide bonds. The van der Waals surface area contributed by atoms with Crippen molar-refractivity contribution in [1.82, 2.24) is 4.98 Å². The van der Waals surface area contributed by atoms with E-state index >= 15 is 0 Å². The highest BCUT2D eigenvalue weighted by atomic mass is 79.9. The maximum atomic E-state index is 12.0. The number of hydrogen-bond acceptors (Lipinski definition) is 3. The fourth-order valence-electron chi connectivity index (χ4n) is 1.53. The molecule has 0 bridgehead atoms. The smallest absolute Gasteiger partial charge is 0.336 e. The van der Waals surface area contributed by atoms with Gasteiger partial charge in [0.15, 0.2) is 0 Å². The second kappa shape index (κ2) is 5.62. The van der Waals surface area contributed by atoms with Crippen LogP contribution in [0.5, 0.6) is 0 Å². The van der Waals surface area contributed by atoms with E-state index in [0.29, 0.717) is 10.2 Å². The zero-order chi connectivity index (χ0) is 13.8. The van der Waals surface area contributed by atoms with Crippen molar-refractivity contribution in [3.8, 4) is 0 Å². The van der Waals surface area contributed by atoms with E-state index in [1.807, 2.05) is 0 Å². The minimum Gasteiger partial charge on any atom is -0.478 e. The number of carboxylic acids is 1. The van der Waals surface area contributed by atoms with Gasteiger partial charge >= 0.3 is 5.97 Å². The largest absolute Gasteiger partial charge is 0.478 e. The molecule has 96 valence electrons. The van der Waals surface area contributed by atoms with Crippen LogP contribution in [0.4, 0.5) is 5.69 Å². The van der Waals surface area contributed by atoms with Crippen molar-refractivity contribution in [2.24, 2.45) is 0 Å². The summed E-state index contributed by atoms with van der Waals surface area (Å²) in [6.45, 7) is 0. The number of carbonyl (C=O) groups is 2. The van der Waals surface area contributed by atoms with E-state index in [0.717, 1.165) is 0 Å². The third-order valence-corrected chi connectivity index (χ3v) is 2.87. The first kappa shape index (κ1) is 13.2. The Morgan fingerprint density at radius 2 is 2.00 bits per heavy atom. The van der Waals surface area contributed by atoms with Crippen molar-refractivity contribution in [3.05, 3.63) is 58.3 Å². The lowest BCUT2D eigenvalue weighted by molar-refractivity contribution is 0.0692. The van der Waals surface area contributed by atoms with Gasteiger partial charge in [0.25, 0.3) is 5.91 Å². The van der Waals surface area contributed by atoms with Gasteiger partial charge in [-0.25, -0.2) is 4.79 Å². The number of nitrogens with one attached hydrogen (secondary N) is 1. The molecule has 5 nitrogen and oxygen atoms in total. The van der Waals surface area contributed by atoms with Crippen molar-refractivity contribution < 1.29 is 14.7 Å². The second-order valence-corrected chi connectivity index (χ2v) is 4.61. The van der Waals surface area contributed by atoms with E-state index in [1.54, 1.807) is 24.4 Å². The standard InChI is InChI=1S/C13H9BrN2O3/c14-8-3-4-10(11(6-8)13(18)19)12(17)16-9-2-1-5-15-7-9/h1-7H,(H,16,17)(H,18,19). The molecule has 0 saturated carbocycles. The molecule has 2 aromatic rings. The summed E-state index contributed by atoms with van der Waals surface area (Å²) in [6, 6.07) is 7.81. The predicted octanol–water partition coefficient (Wildman–Crippen LogP) is 2.79. The van der Waals surface area contributed by atoms with E-state index in [2.05, 4.69) is 26.2 Å². The number of aromatic carboxylic acids is 1. The summed E-state index contributed by atoms with van der Waals surface area (Å²) >= 11 is 3.18. The van der Waals surface area contributed by atoms with Gasteiger partial charge in [-0.1, -0.05) is 15.9 Å². The molecule has 0 aliphatic rings. The number of benzene rings is 1. The van der Waals surface area contributed by atoms with Gasteiger partial charge in [-0.2, -0.15) is 0 Å². The van der Waals surface area contributed by atoms with Gasteiger partial charge in [0.05, 0.1) is 23.0 Å². The first-order chi connectivity index (χ1) is 9.08. The first-order valence-electron chi connectivity index (χ1n) is 5.32. The number of carbonyl (C=O) groups excluding carboxylic acids is 1. The molecule has 1 aromatic heterocycles. The van der Waals surface area contributed by atoms with Crippen molar-refractivity contribution in [1.29, 1.82) is 0 Å². The van der Waals surface area contributed by atoms with Crippen molar-refractivity contribution in [2.45, 2.75) is 0 Å². The number of nitrogens with zero attached hydrogens (tertiary/aromatic N) is 1. The zero-order valence-corrected chi connectivity index (χ0v) is 11.2. The van der Waals surface area contributed by atoms with Crippen LogP contribution in [0.15, 0.2) is 47.2 Å². The number of anilines is 1. The van der Waals surface area contributed by atoms with E-state index in [4.69, 9.17) is 5.11 Å². The van der Waals surface area contributed by atoms with Crippen molar-refractivity contribution >= 4 is 33.5 Å². The quantitative estimate of drug-likeness (QED) is 0.911. The Balaban J connectivity index is 2.31. The average Bonchev–Trinajstić information content (AvgIpc) is 2.39. The Morgan fingerprint density at radius 1 is 1.21 bits per heavy atom. The summed E-state index contributed by atoms with van der Waals surface area (Å²) in [5, 5.41) is 11.7. The molecular weight excluding hydrogens is 312 g/mol. The fraction of sp³-hybridized carbons (Fsp3) is 0. The van der Waals surface area contributed by atoms with Crippen LogP contribution in [0.2, 0.25) is 0 Å². The molecule has 0 unspecified atom stereocenters. The zero-order valence-electron chi connectivity index (χ0n) is 9.63. The highest BCUT2D eigenvalue weighted by molar-refractivity contribution is 9.10. The minimum atomic E-state index is -1.15. The lowest BCUT2D eigenvalue weighted by Crippen LogP contribution is -2.16. The molecular formula is C13H9BrN2O3. The van der Waals surface area contributed by atoms with Gasteiger partial charge in [-0.15, -0.1) is 0 Å².